The summed E-state index contributed by atoms with van der Waals surface area (Å²) in [6.45, 7) is 7.72. The molecule has 1 unspecified atom stereocenters. The molecular weight excluding hydrogens is 356 g/mol. The molecule has 2 saturated heterocycles. The molecule has 26 heavy (non-hydrogen) atoms. The van der Waals surface area contributed by atoms with Crippen LogP contribution in [-0.4, -0.2) is 56.8 Å². The number of hydrogen-bond acceptors (Lipinski definition) is 7. The third kappa shape index (κ3) is 6.14. The Morgan fingerprint density at radius 3 is 2.69 bits per heavy atom. The monoisotopic (exact) mass is 382 g/mol. The van der Waals surface area contributed by atoms with Gasteiger partial charge in [-0.15, -0.1) is 16.8 Å². The Hall–Kier alpha value is -1.87. The van der Waals surface area contributed by atoms with Crippen molar-refractivity contribution in [1.29, 1.82) is 0 Å². The van der Waals surface area contributed by atoms with E-state index in [1.165, 1.54) is 0 Å². The maximum atomic E-state index is 11.2. The van der Waals surface area contributed by atoms with Gasteiger partial charge in [0.1, 0.15) is 11.9 Å². The van der Waals surface area contributed by atoms with Gasteiger partial charge in [-0.05, 0) is 32.4 Å². The SMILES string of the molecule is C=CCn1c(SCC2CCC(=O)O2)nnc1C1CCNCC1.CC(=O)O. The van der Waals surface area contributed by atoms with Gasteiger partial charge < -0.3 is 19.7 Å². The molecule has 1 atom stereocenters. The highest BCUT2D eigenvalue weighted by molar-refractivity contribution is 7.99. The van der Waals surface area contributed by atoms with Crippen LogP contribution in [0.3, 0.4) is 0 Å². The molecule has 0 aromatic carbocycles. The molecule has 9 heteroatoms. The Morgan fingerprint density at radius 1 is 1.42 bits per heavy atom. The number of allylic oxidation sites excluding steroid dienone is 1. The van der Waals surface area contributed by atoms with Crippen LogP contribution < -0.4 is 5.32 Å². The zero-order valence-corrected chi connectivity index (χ0v) is 15.8. The van der Waals surface area contributed by atoms with Crippen LogP contribution in [0.1, 0.15) is 44.3 Å². The third-order valence-electron chi connectivity index (χ3n) is 4.13. The average molecular weight is 382 g/mol. The Morgan fingerprint density at radius 2 is 2.12 bits per heavy atom. The Labute approximate surface area is 157 Å². The van der Waals surface area contributed by atoms with E-state index in [2.05, 4.69) is 26.7 Å². The molecule has 1 aromatic heterocycles. The van der Waals surface area contributed by atoms with Crippen LogP contribution in [-0.2, 0) is 20.9 Å². The van der Waals surface area contributed by atoms with Gasteiger partial charge in [0, 0.05) is 31.6 Å². The molecule has 0 spiro atoms. The van der Waals surface area contributed by atoms with E-state index in [0.29, 0.717) is 12.3 Å². The van der Waals surface area contributed by atoms with Crippen LogP contribution in [0.15, 0.2) is 17.8 Å². The number of carbonyl (C=O) groups is 2. The van der Waals surface area contributed by atoms with Gasteiger partial charge in [0.2, 0.25) is 0 Å². The highest BCUT2D eigenvalue weighted by Gasteiger charge is 2.26. The summed E-state index contributed by atoms with van der Waals surface area (Å²) in [6.07, 6.45) is 5.43. The van der Waals surface area contributed by atoms with E-state index >= 15 is 0 Å². The molecule has 0 saturated carbocycles. The fraction of sp³-hybridized carbons (Fsp3) is 0.647. The number of carboxylic acid groups (broad SMARTS) is 1. The van der Waals surface area contributed by atoms with Gasteiger partial charge in [0.25, 0.3) is 5.97 Å². The first-order chi connectivity index (χ1) is 12.5. The maximum absolute atomic E-state index is 11.2. The van der Waals surface area contributed by atoms with Crippen LogP contribution in [0.5, 0.6) is 0 Å². The smallest absolute Gasteiger partial charge is 0.306 e. The number of piperidine rings is 1. The molecule has 2 fully saturated rings. The second kappa shape index (κ2) is 10.3. The zero-order valence-electron chi connectivity index (χ0n) is 15.0. The maximum Gasteiger partial charge on any atom is 0.306 e. The fourth-order valence-electron chi connectivity index (χ4n) is 2.96. The molecule has 3 heterocycles. The largest absolute Gasteiger partial charge is 0.481 e. The van der Waals surface area contributed by atoms with Crippen LogP contribution in [0, 0.1) is 0 Å². The Bertz CT molecular complexity index is 624. The standard InChI is InChI=1S/C15H22N4O2S.C2H4O2/c1-2-9-19-14(11-5-7-16-8-6-11)17-18-15(19)22-10-12-3-4-13(20)21-12;1-2(3)4/h2,11-12,16H,1,3-10H2;1H3,(H,3,4). The van der Waals surface area contributed by atoms with Gasteiger partial charge >= 0.3 is 5.97 Å². The lowest BCUT2D eigenvalue weighted by Crippen LogP contribution is -2.28. The number of hydrogen-bond donors (Lipinski definition) is 2. The number of rotatable bonds is 6. The lowest BCUT2D eigenvalue weighted by Gasteiger charge is -2.22. The van der Waals surface area contributed by atoms with Gasteiger partial charge in [0.05, 0.1) is 0 Å². The number of carbonyl (C=O) groups excluding carboxylic acids is 1. The predicted molar refractivity (Wildman–Crippen MR) is 98.2 cm³/mol. The number of aliphatic carboxylic acids is 1. The number of esters is 1. The summed E-state index contributed by atoms with van der Waals surface area (Å²) in [5.74, 6) is 1.35. The molecule has 2 aliphatic heterocycles. The van der Waals surface area contributed by atoms with Crippen molar-refractivity contribution in [3.05, 3.63) is 18.5 Å². The molecule has 0 amide bonds. The van der Waals surface area contributed by atoms with E-state index in [4.69, 9.17) is 14.6 Å². The third-order valence-corrected chi connectivity index (χ3v) is 5.23. The lowest BCUT2D eigenvalue weighted by molar-refractivity contribution is -0.140. The van der Waals surface area contributed by atoms with Crippen LogP contribution in [0.4, 0.5) is 0 Å². The molecule has 8 nitrogen and oxygen atoms in total. The summed E-state index contributed by atoms with van der Waals surface area (Å²) in [5.41, 5.74) is 0. The molecule has 2 N–H and O–H groups in total. The predicted octanol–water partition coefficient (Wildman–Crippen LogP) is 1.82. The van der Waals surface area contributed by atoms with Crippen LogP contribution in [0.25, 0.3) is 0 Å². The minimum absolute atomic E-state index is 0.00807. The van der Waals surface area contributed by atoms with E-state index in [9.17, 15) is 4.79 Å². The van der Waals surface area contributed by atoms with E-state index in [-0.39, 0.29) is 12.1 Å². The number of thioether (sulfide) groups is 1. The average Bonchev–Trinajstić information content (AvgIpc) is 3.20. The molecule has 0 radical (unpaired) electrons. The first kappa shape index (κ1) is 20.4. The Kier molecular flexibility index (Phi) is 8.11. The number of cyclic esters (lactones) is 1. The normalized spacial score (nSPS) is 20.2. The van der Waals surface area contributed by atoms with Crippen LogP contribution in [0.2, 0.25) is 0 Å². The molecule has 3 rings (SSSR count). The summed E-state index contributed by atoms with van der Waals surface area (Å²) in [7, 11) is 0. The van der Waals surface area contributed by atoms with Crippen molar-refractivity contribution in [1.82, 2.24) is 20.1 Å². The molecule has 2 aliphatic rings. The summed E-state index contributed by atoms with van der Waals surface area (Å²) in [5, 5.41) is 20.5. The Balaban J connectivity index is 0.000000552. The highest BCUT2D eigenvalue weighted by atomic mass is 32.2. The topological polar surface area (TPSA) is 106 Å². The highest BCUT2D eigenvalue weighted by Crippen LogP contribution is 2.29. The van der Waals surface area contributed by atoms with Crippen molar-refractivity contribution < 1.29 is 19.4 Å². The van der Waals surface area contributed by atoms with Crippen molar-refractivity contribution in [2.24, 2.45) is 0 Å². The molecule has 1 aromatic rings. The molecular formula is C17H26N4O4S. The fourth-order valence-corrected chi connectivity index (χ4v) is 3.95. The summed E-state index contributed by atoms with van der Waals surface area (Å²) >= 11 is 1.62. The van der Waals surface area contributed by atoms with Gasteiger partial charge in [-0.2, -0.15) is 0 Å². The van der Waals surface area contributed by atoms with Gasteiger partial charge in [-0.25, -0.2) is 0 Å². The van der Waals surface area contributed by atoms with E-state index in [0.717, 1.165) is 62.6 Å². The van der Waals surface area contributed by atoms with Gasteiger partial charge in [0.15, 0.2) is 5.16 Å². The second-order valence-corrected chi connectivity index (χ2v) is 7.23. The van der Waals surface area contributed by atoms with Crippen molar-refractivity contribution in [2.75, 3.05) is 18.8 Å². The molecule has 144 valence electrons. The van der Waals surface area contributed by atoms with Gasteiger partial charge in [-0.3, -0.25) is 9.59 Å². The molecule has 0 bridgehead atoms. The first-order valence-electron chi connectivity index (χ1n) is 8.77. The summed E-state index contributed by atoms with van der Waals surface area (Å²) in [4.78, 5) is 20.2. The van der Waals surface area contributed by atoms with Crippen molar-refractivity contribution in [2.45, 2.75) is 56.3 Å². The minimum Gasteiger partial charge on any atom is -0.481 e. The van der Waals surface area contributed by atoms with Crippen molar-refractivity contribution in [3.8, 4) is 0 Å². The number of carboxylic acids is 1. The number of ether oxygens (including phenoxy) is 1. The summed E-state index contributed by atoms with van der Waals surface area (Å²) in [6, 6.07) is 0. The quantitative estimate of drug-likeness (QED) is 0.436. The minimum atomic E-state index is -0.833. The molecule has 0 aliphatic carbocycles. The van der Waals surface area contributed by atoms with E-state index in [1.807, 2.05) is 6.08 Å². The van der Waals surface area contributed by atoms with E-state index in [1.54, 1.807) is 11.8 Å². The van der Waals surface area contributed by atoms with Gasteiger partial charge in [-0.1, -0.05) is 17.8 Å². The van der Waals surface area contributed by atoms with Crippen LogP contribution >= 0.6 is 11.8 Å². The number of nitrogens with zero attached hydrogens (tertiary/aromatic N) is 3. The lowest BCUT2D eigenvalue weighted by atomic mass is 9.97. The second-order valence-electron chi connectivity index (χ2n) is 6.24. The number of aromatic nitrogens is 3. The van der Waals surface area contributed by atoms with Crippen molar-refractivity contribution >= 4 is 23.7 Å². The first-order valence-corrected chi connectivity index (χ1v) is 9.76. The van der Waals surface area contributed by atoms with E-state index < -0.39 is 5.97 Å². The number of nitrogens with one attached hydrogen (secondary N) is 1. The zero-order chi connectivity index (χ0) is 18.9. The summed E-state index contributed by atoms with van der Waals surface area (Å²) < 4.78 is 7.42. The van der Waals surface area contributed by atoms with Crippen molar-refractivity contribution in [3.63, 3.8) is 0 Å².